The van der Waals surface area contributed by atoms with Crippen molar-refractivity contribution in [3.05, 3.63) is 30.1 Å². The van der Waals surface area contributed by atoms with Crippen molar-refractivity contribution >= 4 is 12.0 Å². The molecule has 20 heavy (non-hydrogen) atoms. The summed E-state index contributed by atoms with van der Waals surface area (Å²) in [4.78, 5) is 28.6. The van der Waals surface area contributed by atoms with Crippen LogP contribution in [0.15, 0.2) is 24.5 Å². The van der Waals surface area contributed by atoms with Crippen LogP contribution in [0, 0.1) is 5.41 Å². The molecule has 0 bridgehead atoms. The molecule has 0 aliphatic rings. The van der Waals surface area contributed by atoms with Crippen LogP contribution in [0.25, 0.3) is 0 Å². The van der Waals surface area contributed by atoms with Gasteiger partial charge >= 0.3 is 12.0 Å². The summed E-state index contributed by atoms with van der Waals surface area (Å²) in [5.74, 6) is -1.04. The molecule has 1 unspecified atom stereocenters. The van der Waals surface area contributed by atoms with E-state index < -0.39 is 23.5 Å². The zero-order chi connectivity index (χ0) is 15.3. The van der Waals surface area contributed by atoms with Gasteiger partial charge < -0.3 is 15.3 Å². The van der Waals surface area contributed by atoms with Gasteiger partial charge in [-0.2, -0.15) is 0 Å². The number of pyridine rings is 1. The summed E-state index contributed by atoms with van der Waals surface area (Å²) in [6.45, 7) is 5.71. The van der Waals surface area contributed by atoms with Crippen LogP contribution in [-0.2, 0) is 11.3 Å². The Morgan fingerprint density at radius 1 is 1.35 bits per heavy atom. The van der Waals surface area contributed by atoms with E-state index in [0.29, 0.717) is 6.54 Å². The molecular formula is C14H21N3O3. The van der Waals surface area contributed by atoms with Crippen LogP contribution in [0.4, 0.5) is 4.79 Å². The lowest BCUT2D eigenvalue weighted by molar-refractivity contribution is -0.142. The molecule has 1 atom stereocenters. The Morgan fingerprint density at radius 3 is 2.35 bits per heavy atom. The Morgan fingerprint density at radius 2 is 1.90 bits per heavy atom. The number of aromatic nitrogens is 1. The average Bonchev–Trinajstić information content (AvgIpc) is 2.34. The van der Waals surface area contributed by atoms with E-state index in [9.17, 15) is 14.7 Å². The molecule has 0 aliphatic carbocycles. The minimum atomic E-state index is -1.04. The highest BCUT2D eigenvalue weighted by atomic mass is 16.4. The molecule has 0 spiro atoms. The Bertz CT molecular complexity index is 468. The molecule has 6 nitrogen and oxygen atoms in total. The van der Waals surface area contributed by atoms with E-state index in [2.05, 4.69) is 10.3 Å². The molecule has 0 saturated carbocycles. The van der Waals surface area contributed by atoms with Gasteiger partial charge in [-0.1, -0.05) is 20.8 Å². The summed E-state index contributed by atoms with van der Waals surface area (Å²) in [5.41, 5.74) is 0.374. The number of carbonyl (C=O) groups is 2. The second-order valence-electron chi connectivity index (χ2n) is 5.80. The fourth-order valence-corrected chi connectivity index (χ4v) is 1.72. The van der Waals surface area contributed by atoms with E-state index in [0.717, 1.165) is 5.56 Å². The Labute approximate surface area is 118 Å². The van der Waals surface area contributed by atoms with Crippen molar-refractivity contribution in [3.8, 4) is 0 Å². The second-order valence-corrected chi connectivity index (χ2v) is 5.80. The molecule has 6 heteroatoms. The van der Waals surface area contributed by atoms with Gasteiger partial charge in [-0.15, -0.1) is 0 Å². The number of urea groups is 1. The second kappa shape index (κ2) is 6.36. The number of hydrogen-bond acceptors (Lipinski definition) is 3. The van der Waals surface area contributed by atoms with Crippen molar-refractivity contribution in [1.29, 1.82) is 0 Å². The van der Waals surface area contributed by atoms with Crippen LogP contribution in [0.2, 0.25) is 0 Å². The van der Waals surface area contributed by atoms with Gasteiger partial charge in [-0.3, -0.25) is 4.98 Å². The van der Waals surface area contributed by atoms with E-state index >= 15 is 0 Å². The third-order valence-corrected chi connectivity index (χ3v) is 2.90. The highest BCUT2D eigenvalue weighted by Crippen LogP contribution is 2.19. The Balaban J connectivity index is 2.67. The molecule has 110 valence electrons. The van der Waals surface area contributed by atoms with E-state index in [-0.39, 0.29) is 0 Å². The van der Waals surface area contributed by atoms with E-state index in [1.54, 1.807) is 40.2 Å². The maximum Gasteiger partial charge on any atom is 0.326 e. The molecular weight excluding hydrogens is 258 g/mol. The number of nitrogens with zero attached hydrogens (tertiary/aromatic N) is 2. The van der Waals surface area contributed by atoms with Crippen molar-refractivity contribution in [2.45, 2.75) is 33.4 Å². The summed E-state index contributed by atoms with van der Waals surface area (Å²) >= 11 is 0. The Hall–Kier alpha value is -2.11. The predicted molar refractivity (Wildman–Crippen MR) is 75.1 cm³/mol. The SMILES string of the molecule is CN(Cc1ccncc1)C(=O)NC(C(=O)O)C(C)(C)C. The van der Waals surface area contributed by atoms with Crippen LogP contribution in [-0.4, -0.2) is 40.1 Å². The predicted octanol–water partition coefficient (Wildman–Crippen LogP) is 1.72. The van der Waals surface area contributed by atoms with Crippen LogP contribution >= 0.6 is 0 Å². The van der Waals surface area contributed by atoms with Crippen LogP contribution in [0.5, 0.6) is 0 Å². The van der Waals surface area contributed by atoms with Gasteiger partial charge in [-0.25, -0.2) is 9.59 Å². The average molecular weight is 279 g/mol. The molecule has 0 radical (unpaired) electrons. The van der Waals surface area contributed by atoms with Gasteiger partial charge in [0.1, 0.15) is 6.04 Å². The largest absolute Gasteiger partial charge is 0.480 e. The monoisotopic (exact) mass is 279 g/mol. The van der Waals surface area contributed by atoms with Crippen molar-refractivity contribution in [2.75, 3.05) is 7.05 Å². The summed E-state index contributed by atoms with van der Waals surface area (Å²) in [7, 11) is 1.62. The first-order valence-corrected chi connectivity index (χ1v) is 6.35. The number of hydrogen-bond donors (Lipinski definition) is 2. The fraction of sp³-hybridized carbons (Fsp3) is 0.500. The van der Waals surface area contributed by atoms with Crippen molar-refractivity contribution < 1.29 is 14.7 Å². The van der Waals surface area contributed by atoms with Gasteiger partial charge in [-0.05, 0) is 23.1 Å². The van der Waals surface area contributed by atoms with Crippen LogP contribution in [0.3, 0.4) is 0 Å². The molecule has 0 aromatic carbocycles. The number of amides is 2. The van der Waals surface area contributed by atoms with E-state index in [4.69, 9.17) is 0 Å². The van der Waals surface area contributed by atoms with Crippen LogP contribution < -0.4 is 5.32 Å². The quantitative estimate of drug-likeness (QED) is 0.879. The van der Waals surface area contributed by atoms with Gasteiger partial charge in [0.2, 0.25) is 0 Å². The molecule has 1 heterocycles. The number of aliphatic carboxylic acids is 1. The summed E-state index contributed by atoms with van der Waals surface area (Å²) in [5, 5.41) is 11.7. The molecule has 0 aliphatic heterocycles. The maximum absolute atomic E-state index is 12.0. The van der Waals surface area contributed by atoms with E-state index in [1.165, 1.54) is 4.90 Å². The van der Waals surface area contributed by atoms with Gasteiger partial charge in [0.15, 0.2) is 0 Å². The zero-order valence-electron chi connectivity index (χ0n) is 12.3. The van der Waals surface area contributed by atoms with Crippen LogP contribution in [0.1, 0.15) is 26.3 Å². The van der Waals surface area contributed by atoms with Crippen molar-refractivity contribution in [3.63, 3.8) is 0 Å². The number of carboxylic acids is 1. The summed E-state index contributed by atoms with van der Waals surface area (Å²) in [6, 6.07) is 2.27. The zero-order valence-corrected chi connectivity index (χ0v) is 12.3. The first kappa shape index (κ1) is 15.9. The minimum absolute atomic E-state index is 0.394. The highest BCUT2D eigenvalue weighted by Gasteiger charge is 2.33. The fourth-order valence-electron chi connectivity index (χ4n) is 1.72. The third kappa shape index (κ3) is 4.53. The molecule has 1 rings (SSSR count). The molecule has 0 fully saturated rings. The maximum atomic E-state index is 12.0. The van der Waals surface area contributed by atoms with Crippen molar-refractivity contribution in [2.24, 2.45) is 5.41 Å². The molecule has 0 saturated heterocycles. The van der Waals surface area contributed by atoms with E-state index in [1.807, 2.05) is 12.1 Å². The Kier molecular flexibility index (Phi) is 5.07. The van der Waals surface area contributed by atoms with Gasteiger partial charge in [0, 0.05) is 26.0 Å². The highest BCUT2D eigenvalue weighted by molar-refractivity contribution is 5.83. The topological polar surface area (TPSA) is 82.5 Å². The standard InChI is InChI=1S/C14H21N3O3/c1-14(2,3)11(12(18)19)16-13(20)17(4)9-10-5-7-15-8-6-10/h5-8,11H,9H2,1-4H3,(H,16,20)(H,18,19). The van der Waals surface area contributed by atoms with Gasteiger partial charge in [0.25, 0.3) is 0 Å². The molecule has 1 aromatic heterocycles. The summed E-state index contributed by atoms with van der Waals surface area (Å²) < 4.78 is 0. The van der Waals surface area contributed by atoms with Crippen molar-refractivity contribution in [1.82, 2.24) is 15.2 Å². The summed E-state index contributed by atoms with van der Waals surface area (Å²) in [6.07, 6.45) is 3.30. The smallest absolute Gasteiger partial charge is 0.326 e. The lowest BCUT2D eigenvalue weighted by Gasteiger charge is -2.29. The lowest BCUT2D eigenvalue weighted by atomic mass is 9.87. The molecule has 1 aromatic rings. The van der Waals surface area contributed by atoms with Gasteiger partial charge in [0.05, 0.1) is 0 Å². The number of carbonyl (C=O) groups excluding carboxylic acids is 1. The minimum Gasteiger partial charge on any atom is -0.480 e. The molecule has 2 N–H and O–H groups in total. The molecule has 2 amide bonds. The number of nitrogens with one attached hydrogen (secondary N) is 1. The first-order chi connectivity index (χ1) is 9.21. The number of rotatable bonds is 4. The first-order valence-electron chi connectivity index (χ1n) is 6.35. The normalized spacial score (nSPS) is 12.6. The number of carboxylic acid groups (broad SMARTS) is 1. The lowest BCUT2D eigenvalue weighted by Crippen LogP contribution is -2.52. The third-order valence-electron chi connectivity index (χ3n) is 2.90.